The molecule has 0 saturated carbocycles. The first kappa shape index (κ1) is 25.8. The van der Waals surface area contributed by atoms with E-state index in [0.717, 1.165) is 20.7 Å². The zero-order valence-electron chi connectivity index (χ0n) is 21.1. The van der Waals surface area contributed by atoms with Crippen molar-refractivity contribution in [3.63, 3.8) is 0 Å². The maximum Gasteiger partial charge on any atom is 0.260 e. The van der Waals surface area contributed by atoms with Gasteiger partial charge in [-0.2, -0.15) is 4.31 Å². The van der Waals surface area contributed by atoms with Crippen LogP contribution in [-0.2, 0) is 29.5 Å². The predicted molar refractivity (Wildman–Crippen MR) is 155 cm³/mol. The van der Waals surface area contributed by atoms with Crippen molar-refractivity contribution < 1.29 is 17.6 Å². The first-order valence-electron chi connectivity index (χ1n) is 12.4. The van der Waals surface area contributed by atoms with E-state index in [1.807, 2.05) is 54.8 Å². The minimum absolute atomic E-state index is 0.167. The quantitative estimate of drug-likeness (QED) is 0.215. The van der Waals surface area contributed by atoms with Crippen molar-refractivity contribution in [3.8, 4) is 0 Å². The number of aromatic nitrogens is 1. The third kappa shape index (κ3) is 5.00. The van der Waals surface area contributed by atoms with Gasteiger partial charge in [-0.05, 0) is 72.3 Å². The van der Waals surface area contributed by atoms with Crippen LogP contribution in [0.1, 0.15) is 27.2 Å². The summed E-state index contributed by atoms with van der Waals surface area (Å²) in [4.78, 5) is 21.4. The molecule has 10 heteroatoms. The molecule has 1 aliphatic heterocycles. The number of thiazole rings is 1. The van der Waals surface area contributed by atoms with Gasteiger partial charge in [-0.15, -0.1) is 11.8 Å². The summed E-state index contributed by atoms with van der Waals surface area (Å²) in [5.74, 6) is 0.337. The standard InChI is InChI=1S/C29H25N3O4S3/c1-37-25-9-4-10-26-27(25)30-29(38-26)32(19-23-8-5-17-36-23)28(33)21-11-13-24(14-12-21)39(34,35)31-16-15-20-6-2-3-7-22(20)18-31/h2-14,17H,15-16,18-19H2,1H3. The Labute approximate surface area is 235 Å². The maximum atomic E-state index is 13.8. The second-order valence-corrected chi connectivity index (χ2v) is 13.0. The van der Waals surface area contributed by atoms with E-state index < -0.39 is 10.0 Å². The number of benzene rings is 3. The van der Waals surface area contributed by atoms with Gasteiger partial charge in [-0.3, -0.25) is 9.69 Å². The molecule has 3 heterocycles. The molecule has 39 heavy (non-hydrogen) atoms. The van der Waals surface area contributed by atoms with Gasteiger partial charge in [0.25, 0.3) is 5.91 Å². The summed E-state index contributed by atoms with van der Waals surface area (Å²) in [6.07, 6.45) is 4.24. The molecular weight excluding hydrogens is 551 g/mol. The molecule has 0 atom stereocenters. The van der Waals surface area contributed by atoms with Crippen molar-refractivity contribution in [3.05, 3.63) is 108 Å². The van der Waals surface area contributed by atoms with E-state index in [1.165, 1.54) is 33.3 Å². The number of carbonyl (C=O) groups excluding carboxylic acids is 1. The molecule has 0 saturated heterocycles. The number of furan rings is 1. The fourth-order valence-electron chi connectivity index (χ4n) is 4.73. The highest BCUT2D eigenvalue weighted by atomic mass is 32.2. The van der Waals surface area contributed by atoms with Gasteiger partial charge in [0, 0.05) is 23.5 Å². The molecule has 6 rings (SSSR count). The Bertz CT molecular complexity index is 1750. The first-order chi connectivity index (χ1) is 18.9. The minimum atomic E-state index is -3.70. The number of amides is 1. The minimum Gasteiger partial charge on any atom is -0.467 e. The largest absolute Gasteiger partial charge is 0.467 e. The number of nitrogens with zero attached hydrogens (tertiary/aromatic N) is 3. The number of para-hydroxylation sites is 1. The van der Waals surface area contributed by atoms with E-state index >= 15 is 0 Å². The van der Waals surface area contributed by atoms with E-state index in [0.29, 0.717) is 36.0 Å². The molecule has 1 aliphatic rings. The molecule has 0 radical (unpaired) electrons. The van der Waals surface area contributed by atoms with Crippen LogP contribution in [0.25, 0.3) is 10.2 Å². The first-order valence-corrected chi connectivity index (χ1v) is 15.9. The van der Waals surface area contributed by atoms with Gasteiger partial charge >= 0.3 is 0 Å². The van der Waals surface area contributed by atoms with Gasteiger partial charge in [0.05, 0.1) is 27.9 Å². The Morgan fingerprint density at radius 1 is 1.03 bits per heavy atom. The van der Waals surface area contributed by atoms with Crippen LogP contribution in [-0.4, -0.2) is 36.4 Å². The number of rotatable bonds is 7. The number of thioether (sulfide) groups is 1. The maximum absolute atomic E-state index is 13.8. The average Bonchev–Trinajstić information content (AvgIpc) is 3.65. The van der Waals surface area contributed by atoms with Crippen molar-refractivity contribution in [1.29, 1.82) is 0 Å². The van der Waals surface area contributed by atoms with E-state index in [2.05, 4.69) is 0 Å². The number of anilines is 1. The summed E-state index contributed by atoms with van der Waals surface area (Å²) in [7, 11) is -3.70. The lowest BCUT2D eigenvalue weighted by molar-refractivity contribution is 0.0983. The highest BCUT2D eigenvalue weighted by Gasteiger charge is 2.29. The predicted octanol–water partition coefficient (Wildman–Crippen LogP) is 6.21. The molecule has 5 aromatic rings. The van der Waals surface area contributed by atoms with Crippen molar-refractivity contribution in [2.75, 3.05) is 17.7 Å². The summed E-state index contributed by atoms with van der Waals surface area (Å²) in [5.41, 5.74) is 3.43. The zero-order valence-corrected chi connectivity index (χ0v) is 23.6. The summed E-state index contributed by atoms with van der Waals surface area (Å²) < 4.78 is 34.9. The fourth-order valence-corrected chi connectivity index (χ4v) is 7.76. The number of hydrogen-bond donors (Lipinski definition) is 0. The van der Waals surface area contributed by atoms with Gasteiger partial charge in [-0.1, -0.05) is 41.7 Å². The fraction of sp³-hybridized carbons (Fsp3) is 0.172. The van der Waals surface area contributed by atoms with E-state index in [1.54, 1.807) is 41.1 Å². The van der Waals surface area contributed by atoms with E-state index in [9.17, 15) is 13.2 Å². The molecule has 7 nitrogen and oxygen atoms in total. The smallest absolute Gasteiger partial charge is 0.260 e. The molecule has 1 amide bonds. The number of hydrogen-bond acceptors (Lipinski definition) is 7. The molecule has 0 aliphatic carbocycles. The molecule has 0 spiro atoms. The van der Waals surface area contributed by atoms with Crippen LogP contribution in [0.15, 0.2) is 99.3 Å². The van der Waals surface area contributed by atoms with Crippen molar-refractivity contribution in [2.24, 2.45) is 0 Å². The molecule has 3 aromatic carbocycles. The van der Waals surface area contributed by atoms with Crippen LogP contribution in [0.3, 0.4) is 0 Å². The van der Waals surface area contributed by atoms with Crippen molar-refractivity contribution in [1.82, 2.24) is 9.29 Å². The zero-order chi connectivity index (χ0) is 27.0. The summed E-state index contributed by atoms with van der Waals surface area (Å²) in [5, 5.41) is 0.552. The Kier molecular flexibility index (Phi) is 7.03. The average molecular weight is 576 g/mol. The van der Waals surface area contributed by atoms with Crippen LogP contribution >= 0.6 is 23.1 Å². The monoisotopic (exact) mass is 575 g/mol. The van der Waals surface area contributed by atoms with Gasteiger partial charge in [0.2, 0.25) is 10.0 Å². The number of fused-ring (bicyclic) bond motifs is 2. The summed E-state index contributed by atoms with van der Waals surface area (Å²) >= 11 is 3.04. The number of sulfonamides is 1. The third-order valence-corrected chi connectivity index (χ3v) is 10.5. The normalized spacial score (nSPS) is 13.9. The second-order valence-electron chi connectivity index (χ2n) is 9.16. The molecule has 0 N–H and O–H groups in total. The Hall–Kier alpha value is -3.44. The third-order valence-electron chi connectivity index (χ3n) is 6.80. The molecule has 0 bridgehead atoms. The second kappa shape index (κ2) is 10.6. The molecular formula is C29H25N3O4S3. The van der Waals surface area contributed by atoms with Crippen LogP contribution < -0.4 is 4.90 Å². The van der Waals surface area contributed by atoms with Gasteiger partial charge in [-0.25, -0.2) is 13.4 Å². The topological polar surface area (TPSA) is 83.7 Å². The van der Waals surface area contributed by atoms with E-state index in [4.69, 9.17) is 9.40 Å². The number of carbonyl (C=O) groups is 1. The molecule has 0 unspecified atom stereocenters. The van der Waals surface area contributed by atoms with E-state index in [-0.39, 0.29) is 17.3 Å². The molecule has 0 fully saturated rings. The van der Waals surface area contributed by atoms with Crippen LogP contribution in [0, 0.1) is 0 Å². The summed E-state index contributed by atoms with van der Waals surface area (Å²) in [6.45, 7) is 0.964. The Morgan fingerprint density at radius 2 is 1.82 bits per heavy atom. The Balaban J connectivity index is 1.29. The lowest BCUT2D eigenvalue weighted by Gasteiger charge is -2.28. The van der Waals surface area contributed by atoms with Gasteiger partial charge in [0.1, 0.15) is 5.76 Å². The lowest BCUT2D eigenvalue weighted by Crippen LogP contribution is -2.36. The Morgan fingerprint density at radius 3 is 2.56 bits per heavy atom. The van der Waals surface area contributed by atoms with Crippen molar-refractivity contribution >= 4 is 54.4 Å². The van der Waals surface area contributed by atoms with Crippen LogP contribution in [0.5, 0.6) is 0 Å². The summed E-state index contributed by atoms with van der Waals surface area (Å²) in [6, 6.07) is 23.7. The molecule has 2 aromatic heterocycles. The van der Waals surface area contributed by atoms with Gasteiger partial charge in [0.15, 0.2) is 5.13 Å². The molecule has 198 valence electrons. The van der Waals surface area contributed by atoms with Crippen LogP contribution in [0.4, 0.5) is 5.13 Å². The van der Waals surface area contributed by atoms with Crippen molar-refractivity contribution in [2.45, 2.75) is 29.3 Å². The van der Waals surface area contributed by atoms with Gasteiger partial charge < -0.3 is 4.42 Å². The highest BCUT2D eigenvalue weighted by Crippen LogP contribution is 2.35. The lowest BCUT2D eigenvalue weighted by atomic mass is 10.0. The SMILES string of the molecule is CSc1cccc2sc(N(Cc3ccco3)C(=O)c3ccc(S(=O)(=O)N4CCc5ccccc5C4)cc3)nc12. The highest BCUT2D eigenvalue weighted by molar-refractivity contribution is 7.98. The van der Waals surface area contributed by atoms with Crippen LogP contribution in [0.2, 0.25) is 0 Å².